The van der Waals surface area contributed by atoms with E-state index in [1.807, 2.05) is 19.1 Å². The molecular weight excluding hydrogens is 198 g/mol. The molecule has 1 N–H and O–H groups in total. The summed E-state index contributed by atoms with van der Waals surface area (Å²) in [5.41, 5.74) is 2.55. The van der Waals surface area contributed by atoms with E-state index in [9.17, 15) is 5.11 Å². The van der Waals surface area contributed by atoms with Crippen molar-refractivity contribution >= 4 is 0 Å². The van der Waals surface area contributed by atoms with Gasteiger partial charge in [0.1, 0.15) is 0 Å². The molecule has 0 fully saturated rings. The topological polar surface area (TPSA) is 44.0 Å². The SMILES string of the molecule is CCCCCC(O)c1ccc(C#N)c(C)c1. The molecule has 0 spiro atoms. The van der Waals surface area contributed by atoms with Gasteiger partial charge in [0.2, 0.25) is 0 Å². The average molecular weight is 217 g/mol. The number of nitriles is 1. The lowest BCUT2D eigenvalue weighted by molar-refractivity contribution is 0.163. The van der Waals surface area contributed by atoms with E-state index in [1.54, 1.807) is 6.07 Å². The summed E-state index contributed by atoms with van der Waals surface area (Å²) >= 11 is 0. The van der Waals surface area contributed by atoms with Crippen LogP contribution in [0.4, 0.5) is 0 Å². The maximum Gasteiger partial charge on any atom is 0.0994 e. The van der Waals surface area contributed by atoms with Crippen molar-refractivity contribution in [2.75, 3.05) is 0 Å². The molecule has 0 heterocycles. The first kappa shape index (κ1) is 12.7. The minimum Gasteiger partial charge on any atom is -0.388 e. The van der Waals surface area contributed by atoms with Crippen LogP contribution in [0.3, 0.4) is 0 Å². The van der Waals surface area contributed by atoms with Crippen molar-refractivity contribution in [2.24, 2.45) is 0 Å². The molecule has 86 valence electrons. The van der Waals surface area contributed by atoms with Gasteiger partial charge in [0.25, 0.3) is 0 Å². The summed E-state index contributed by atoms with van der Waals surface area (Å²) in [6, 6.07) is 7.68. The highest BCUT2D eigenvalue weighted by atomic mass is 16.3. The molecular formula is C14H19NO. The Morgan fingerprint density at radius 2 is 2.12 bits per heavy atom. The van der Waals surface area contributed by atoms with Crippen LogP contribution in [0.25, 0.3) is 0 Å². The zero-order valence-electron chi connectivity index (χ0n) is 10.0. The zero-order chi connectivity index (χ0) is 12.0. The quantitative estimate of drug-likeness (QED) is 0.767. The number of aliphatic hydroxyl groups is 1. The summed E-state index contributed by atoms with van der Waals surface area (Å²) in [6.07, 6.45) is 3.79. The van der Waals surface area contributed by atoms with E-state index >= 15 is 0 Å². The first-order chi connectivity index (χ1) is 7.69. The highest BCUT2D eigenvalue weighted by Gasteiger charge is 2.08. The van der Waals surface area contributed by atoms with E-state index in [2.05, 4.69) is 13.0 Å². The Bertz CT molecular complexity index is 379. The monoisotopic (exact) mass is 217 g/mol. The van der Waals surface area contributed by atoms with Gasteiger partial charge in [0.05, 0.1) is 17.7 Å². The van der Waals surface area contributed by atoms with Gasteiger partial charge in [0, 0.05) is 0 Å². The third-order valence-electron chi connectivity index (χ3n) is 2.84. The van der Waals surface area contributed by atoms with Gasteiger partial charge in [-0.1, -0.05) is 38.3 Å². The molecule has 0 saturated carbocycles. The molecule has 1 rings (SSSR count). The van der Waals surface area contributed by atoms with Crippen molar-refractivity contribution in [2.45, 2.75) is 45.6 Å². The van der Waals surface area contributed by atoms with Crippen LogP contribution in [0, 0.1) is 18.3 Å². The number of benzene rings is 1. The van der Waals surface area contributed by atoms with Gasteiger partial charge in [-0.15, -0.1) is 0 Å². The van der Waals surface area contributed by atoms with E-state index < -0.39 is 6.10 Å². The van der Waals surface area contributed by atoms with Crippen molar-refractivity contribution in [1.82, 2.24) is 0 Å². The second-order valence-electron chi connectivity index (χ2n) is 4.20. The van der Waals surface area contributed by atoms with Gasteiger partial charge in [-0.3, -0.25) is 0 Å². The van der Waals surface area contributed by atoms with Crippen LogP contribution < -0.4 is 0 Å². The van der Waals surface area contributed by atoms with Crippen LogP contribution in [0.5, 0.6) is 0 Å². The standard InChI is InChI=1S/C14H19NO/c1-3-4-5-6-14(16)12-7-8-13(10-15)11(2)9-12/h7-9,14,16H,3-6H2,1-2H3. The first-order valence-corrected chi connectivity index (χ1v) is 5.87. The predicted octanol–water partition coefficient (Wildman–Crippen LogP) is 3.48. The Morgan fingerprint density at radius 3 is 2.69 bits per heavy atom. The fourth-order valence-electron chi connectivity index (χ4n) is 1.77. The van der Waals surface area contributed by atoms with Crippen molar-refractivity contribution in [3.63, 3.8) is 0 Å². The molecule has 0 aliphatic rings. The maximum absolute atomic E-state index is 9.95. The lowest BCUT2D eigenvalue weighted by atomic mass is 9.99. The summed E-state index contributed by atoms with van der Waals surface area (Å²) in [5, 5.41) is 18.8. The van der Waals surface area contributed by atoms with Crippen molar-refractivity contribution < 1.29 is 5.11 Å². The van der Waals surface area contributed by atoms with Crippen molar-refractivity contribution in [3.05, 3.63) is 34.9 Å². The van der Waals surface area contributed by atoms with Gasteiger partial charge in [-0.2, -0.15) is 5.26 Å². The largest absolute Gasteiger partial charge is 0.388 e. The van der Waals surface area contributed by atoms with Crippen LogP contribution in [0.1, 0.15) is 55.4 Å². The molecule has 2 heteroatoms. The highest BCUT2D eigenvalue weighted by Crippen LogP contribution is 2.21. The molecule has 1 aromatic rings. The molecule has 0 amide bonds. The second kappa shape index (κ2) is 6.30. The van der Waals surface area contributed by atoms with Gasteiger partial charge in [-0.25, -0.2) is 0 Å². The smallest absolute Gasteiger partial charge is 0.0994 e. The molecule has 0 bridgehead atoms. The zero-order valence-corrected chi connectivity index (χ0v) is 10.0. The van der Waals surface area contributed by atoms with Gasteiger partial charge >= 0.3 is 0 Å². The van der Waals surface area contributed by atoms with Crippen LogP contribution in [0.2, 0.25) is 0 Å². The lowest BCUT2D eigenvalue weighted by Crippen LogP contribution is -1.98. The molecule has 16 heavy (non-hydrogen) atoms. The first-order valence-electron chi connectivity index (χ1n) is 5.87. The molecule has 1 aromatic carbocycles. The molecule has 0 saturated heterocycles. The number of aryl methyl sites for hydroxylation is 1. The Hall–Kier alpha value is -1.33. The van der Waals surface area contributed by atoms with E-state index in [4.69, 9.17) is 5.26 Å². The summed E-state index contributed by atoms with van der Waals surface area (Å²) in [5.74, 6) is 0. The van der Waals surface area contributed by atoms with Gasteiger partial charge < -0.3 is 5.11 Å². The molecule has 0 aliphatic heterocycles. The van der Waals surface area contributed by atoms with Crippen LogP contribution in [-0.4, -0.2) is 5.11 Å². The third kappa shape index (κ3) is 3.36. The molecule has 0 aromatic heterocycles. The van der Waals surface area contributed by atoms with Crippen molar-refractivity contribution in [3.8, 4) is 6.07 Å². The number of rotatable bonds is 5. The summed E-state index contributed by atoms with van der Waals surface area (Å²) in [4.78, 5) is 0. The predicted molar refractivity (Wildman–Crippen MR) is 65.0 cm³/mol. The Morgan fingerprint density at radius 1 is 1.38 bits per heavy atom. The normalized spacial score (nSPS) is 12.1. The molecule has 0 radical (unpaired) electrons. The molecule has 1 unspecified atom stereocenters. The van der Waals surface area contributed by atoms with Gasteiger partial charge in [0.15, 0.2) is 0 Å². The van der Waals surface area contributed by atoms with E-state index in [0.29, 0.717) is 5.56 Å². The number of hydrogen-bond donors (Lipinski definition) is 1. The Labute approximate surface area is 97.5 Å². The van der Waals surface area contributed by atoms with Crippen LogP contribution >= 0.6 is 0 Å². The van der Waals surface area contributed by atoms with Crippen LogP contribution in [0.15, 0.2) is 18.2 Å². The minimum absolute atomic E-state index is 0.391. The number of hydrogen-bond acceptors (Lipinski definition) is 2. The minimum atomic E-state index is -0.391. The highest BCUT2D eigenvalue weighted by molar-refractivity contribution is 5.39. The summed E-state index contributed by atoms with van der Waals surface area (Å²) in [7, 11) is 0. The van der Waals surface area contributed by atoms with Crippen LogP contribution in [-0.2, 0) is 0 Å². The van der Waals surface area contributed by atoms with Gasteiger partial charge in [-0.05, 0) is 30.5 Å². The number of aliphatic hydroxyl groups excluding tert-OH is 1. The Kier molecular flexibility index (Phi) is 5.01. The number of unbranched alkanes of at least 4 members (excludes halogenated alkanes) is 2. The second-order valence-corrected chi connectivity index (χ2v) is 4.20. The number of nitrogens with zero attached hydrogens (tertiary/aromatic N) is 1. The fourth-order valence-corrected chi connectivity index (χ4v) is 1.77. The summed E-state index contributed by atoms with van der Waals surface area (Å²) in [6.45, 7) is 4.05. The van der Waals surface area contributed by atoms with E-state index in [1.165, 1.54) is 6.42 Å². The summed E-state index contributed by atoms with van der Waals surface area (Å²) < 4.78 is 0. The van der Waals surface area contributed by atoms with E-state index in [-0.39, 0.29) is 0 Å². The third-order valence-corrected chi connectivity index (χ3v) is 2.84. The fraction of sp³-hybridized carbons (Fsp3) is 0.500. The average Bonchev–Trinajstić information content (AvgIpc) is 2.29. The van der Waals surface area contributed by atoms with E-state index in [0.717, 1.165) is 30.4 Å². The molecule has 0 aliphatic carbocycles. The molecule has 1 atom stereocenters. The maximum atomic E-state index is 9.95. The van der Waals surface area contributed by atoms with Crippen molar-refractivity contribution in [1.29, 1.82) is 5.26 Å². The lowest BCUT2D eigenvalue weighted by Gasteiger charge is -2.11. The molecule has 2 nitrogen and oxygen atoms in total. The Balaban J connectivity index is 2.66.